The van der Waals surface area contributed by atoms with Gasteiger partial charge in [-0.3, -0.25) is 14.0 Å². The van der Waals surface area contributed by atoms with Crippen LogP contribution in [0.2, 0.25) is 0 Å². The van der Waals surface area contributed by atoms with Crippen molar-refractivity contribution < 1.29 is 32.7 Å². The molecule has 4 aromatic rings. The number of methoxy groups -OCH3 is 1. The van der Waals surface area contributed by atoms with Gasteiger partial charge in [0.2, 0.25) is 0 Å². The van der Waals surface area contributed by atoms with Crippen LogP contribution in [-0.2, 0) is 9.53 Å². The largest absolute Gasteiger partial charge is 0.471 e. The Hall–Kier alpha value is -4.58. The van der Waals surface area contributed by atoms with Crippen molar-refractivity contribution in [3.05, 3.63) is 72.2 Å². The monoisotopic (exact) mass is 653 g/mol. The summed E-state index contributed by atoms with van der Waals surface area (Å²) >= 11 is 0. The van der Waals surface area contributed by atoms with Crippen molar-refractivity contribution in [2.75, 3.05) is 45.7 Å². The molecular weight excluding hydrogens is 606 g/mol. The van der Waals surface area contributed by atoms with Crippen LogP contribution in [0.3, 0.4) is 0 Å². The molecule has 4 rings (SSSR count). The lowest BCUT2D eigenvalue weighted by Crippen LogP contribution is -3.11. The number of imidazole rings is 1. The number of hydrogen-bond acceptors (Lipinski definition) is 7. The third kappa shape index (κ3) is 10.5. The first-order chi connectivity index (χ1) is 22.6. The average molecular weight is 654 g/mol. The van der Waals surface area contributed by atoms with Crippen LogP contribution in [0, 0.1) is 12.8 Å². The van der Waals surface area contributed by atoms with Crippen molar-refractivity contribution in [2.45, 2.75) is 53.6 Å². The molecule has 0 aliphatic rings. The van der Waals surface area contributed by atoms with Crippen LogP contribution >= 0.6 is 0 Å². The highest BCUT2D eigenvalue weighted by Gasteiger charge is 2.18. The molecule has 1 unspecified atom stereocenters. The molecule has 0 fully saturated rings. The topological polar surface area (TPSA) is 102 Å². The maximum atomic E-state index is 13.3. The zero-order chi connectivity index (χ0) is 34.3. The molecule has 0 bridgehead atoms. The summed E-state index contributed by atoms with van der Waals surface area (Å²) in [4.78, 5) is 34.8. The second-order valence-electron chi connectivity index (χ2n) is 11.3. The van der Waals surface area contributed by atoms with Gasteiger partial charge in [0.1, 0.15) is 5.75 Å². The van der Waals surface area contributed by atoms with E-state index >= 15 is 0 Å². The number of nitrogens with one attached hydrogen (secondary N) is 2. The molecule has 1 atom stereocenters. The first kappa shape index (κ1) is 36.9. The third-order valence-electron chi connectivity index (χ3n) is 8.32. The number of nitrogens with zero attached hydrogens (tertiary/aromatic N) is 4. The number of fused-ring (bicyclic) bond motifs is 1. The molecule has 0 saturated heterocycles. The van der Waals surface area contributed by atoms with Crippen LogP contribution in [0.15, 0.2) is 61.1 Å². The number of rotatable bonds is 16. The van der Waals surface area contributed by atoms with Crippen molar-refractivity contribution in [2.24, 2.45) is 5.92 Å². The molecule has 2 N–H and O–H groups in total. The minimum atomic E-state index is -2.87. The number of hydrogen-bond donors (Lipinski definition) is 2. The number of amides is 1. The molecule has 0 aliphatic heterocycles. The van der Waals surface area contributed by atoms with Gasteiger partial charge in [-0.15, -0.1) is 0 Å². The Labute approximate surface area is 275 Å². The number of halogens is 2. The maximum absolute atomic E-state index is 13.3. The summed E-state index contributed by atoms with van der Waals surface area (Å²) in [5, 5.41) is 3.33. The highest BCUT2D eigenvalue weighted by molar-refractivity contribution is 5.96. The van der Waals surface area contributed by atoms with Crippen molar-refractivity contribution in [3.63, 3.8) is 0 Å². The Morgan fingerprint density at radius 1 is 1.09 bits per heavy atom. The Morgan fingerprint density at radius 3 is 2.38 bits per heavy atom. The molecule has 2 heterocycles. The fraction of sp³-hybridized carbons (Fsp3) is 0.429. The molecule has 10 nitrogen and oxygen atoms in total. The van der Waals surface area contributed by atoms with E-state index in [4.69, 9.17) is 4.79 Å². The van der Waals surface area contributed by atoms with E-state index < -0.39 is 6.61 Å². The van der Waals surface area contributed by atoms with E-state index in [1.807, 2.05) is 41.5 Å². The summed E-state index contributed by atoms with van der Waals surface area (Å²) in [7, 11) is 3.20. The highest BCUT2D eigenvalue weighted by atomic mass is 19.3. The van der Waals surface area contributed by atoms with E-state index in [1.54, 1.807) is 35.6 Å². The normalized spacial score (nSPS) is 11.6. The predicted octanol–water partition coefficient (Wildman–Crippen LogP) is 5.64. The number of carbonyl (C=O) groups is 2. The number of quaternary nitrogens is 1. The van der Waals surface area contributed by atoms with Gasteiger partial charge in [-0.2, -0.15) is 8.78 Å². The number of aromatic nitrogens is 3. The van der Waals surface area contributed by atoms with Gasteiger partial charge in [-0.05, 0) is 87.6 Å². The second-order valence-corrected chi connectivity index (χ2v) is 11.3. The minimum absolute atomic E-state index is 0.0244. The molecule has 12 heteroatoms. The van der Waals surface area contributed by atoms with Crippen LogP contribution in [0.5, 0.6) is 5.75 Å². The van der Waals surface area contributed by atoms with Crippen LogP contribution < -0.4 is 15.0 Å². The van der Waals surface area contributed by atoms with E-state index in [1.165, 1.54) is 32.2 Å². The van der Waals surface area contributed by atoms with E-state index in [-0.39, 0.29) is 11.7 Å². The summed E-state index contributed by atoms with van der Waals surface area (Å²) < 4.78 is 35.2. The summed E-state index contributed by atoms with van der Waals surface area (Å²) in [6.45, 7) is 10.4. The molecule has 2 aromatic heterocycles. The van der Waals surface area contributed by atoms with Crippen molar-refractivity contribution >= 4 is 29.5 Å². The van der Waals surface area contributed by atoms with Gasteiger partial charge in [0.05, 0.1) is 38.6 Å². The van der Waals surface area contributed by atoms with Crippen molar-refractivity contribution in [3.8, 4) is 17.0 Å². The van der Waals surface area contributed by atoms with Crippen molar-refractivity contribution in [1.29, 1.82) is 0 Å². The first-order valence-electron chi connectivity index (χ1n) is 16.0. The lowest BCUT2D eigenvalue weighted by Gasteiger charge is -2.23. The summed E-state index contributed by atoms with van der Waals surface area (Å²) in [6.07, 6.45) is 8.50. The number of aryl methyl sites for hydroxylation is 1. The zero-order valence-electron chi connectivity index (χ0n) is 28.1. The zero-order valence-corrected chi connectivity index (χ0v) is 28.1. The van der Waals surface area contributed by atoms with Crippen LogP contribution in [-0.4, -0.2) is 78.6 Å². The van der Waals surface area contributed by atoms with Gasteiger partial charge in [0.25, 0.3) is 12.4 Å². The molecule has 1 amide bonds. The van der Waals surface area contributed by atoms with E-state index in [0.29, 0.717) is 29.4 Å². The minimum Gasteiger partial charge on any atom is -0.471 e. The van der Waals surface area contributed by atoms with Crippen molar-refractivity contribution in [1.82, 2.24) is 19.3 Å². The second kappa shape index (κ2) is 18.5. The Balaban J connectivity index is 0.00000142. The van der Waals surface area contributed by atoms with Gasteiger partial charge < -0.3 is 24.6 Å². The molecule has 0 saturated carbocycles. The molecule has 47 heavy (non-hydrogen) atoms. The fourth-order valence-electron chi connectivity index (χ4n) is 5.39. The molecule has 2 aromatic carbocycles. The van der Waals surface area contributed by atoms with Gasteiger partial charge in [-0.1, -0.05) is 13.3 Å². The number of alkyl halides is 2. The Morgan fingerprint density at radius 2 is 1.79 bits per heavy atom. The number of carbonyl (C=O) groups excluding carboxylic acids is 2. The van der Waals surface area contributed by atoms with Crippen LogP contribution in [0.1, 0.15) is 56.0 Å². The highest BCUT2D eigenvalue weighted by Crippen LogP contribution is 2.28. The fourth-order valence-corrected chi connectivity index (χ4v) is 5.39. The van der Waals surface area contributed by atoms with E-state index in [2.05, 4.69) is 45.5 Å². The lowest BCUT2D eigenvalue weighted by atomic mass is 9.97. The van der Waals surface area contributed by atoms with E-state index in [0.717, 1.165) is 55.0 Å². The number of benzene rings is 2. The Bertz CT molecular complexity index is 1560. The molecule has 254 valence electrons. The van der Waals surface area contributed by atoms with Crippen LogP contribution in [0.4, 0.5) is 20.3 Å². The summed E-state index contributed by atoms with van der Waals surface area (Å²) in [5.74, 6) is 1.29. The molecular formula is C35H47F2N6O4+. The maximum Gasteiger partial charge on any atom is 0.387 e. The number of anilines is 2. The van der Waals surface area contributed by atoms with Gasteiger partial charge in [-0.25, -0.2) is 9.97 Å². The smallest absolute Gasteiger partial charge is 0.387 e. The Kier molecular flexibility index (Phi) is 14.5. The first-order valence-corrected chi connectivity index (χ1v) is 16.0. The summed E-state index contributed by atoms with van der Waals surface area (Å²) in [5.41, 5.74) is 4.54. The van der Waals surface area contributed by atoms with E-state index in [9.17, 15) is 13.6 Å². The molecule has 0 radical (unpaired) electrons. The van der Waals surface area contributed by atoms with Crippen LogP contribution in [0.25, 0.3) is 16.9 Å². The summed E-state index contributed by atoms with van der Waals surface area (Å²) in [6, 6.07) is 12.1. The molecule has 0 spiro atoms. The van der Waals surface area contributed by atoms with Gasteiger partial charge in [0, 0.05) is 42.8 Å². The quantitative estimate of drug-likeness (QED) is 0.151. The third-order valence-corrected chi connectivity index (χ3v) is 8.32. The SMILES string of the molecule is CCC(CCN(C)C(=O)c1ccc(Nc2nccn3c(-c4ccc(OC(F)F)cc4)cnc23)cc1C)CC[NH+](CC)CC.COC=O. The molecule has 0 aliphatic carbocycles. The van der Waals surface area contributed by atoms with Gasteiger partial charge in [0.15, 0.2) is 11.5 Å². The average Bonchev–Trinajstić information content (AvgIpc) is 3.51. The number of ether oxygens (including phenoxy) is 2. The standard InChI is InChI=1S/C33H42F2N6O2.C2H4O2/c1-6-24(16-19-40(7-2)8-3)15-18-39(5)32(42)28-14-11-26(21-23(28)4)38-30-31-37-22-29(41(31)20-17-36-30)25-9-12-27(13-10-25)43-33(34)35;1-4-2-3/h9-14,17,20-22,24,33H,6-8,15-16,18-19H2,1-5H3,(H,36,38);2H,1H3/p+1. The predicted molar refractivity (Wildman–Crippen MR) is 179 cm³/mol. The van der Waals surface area contributed by atoms with Gasteiger partial charge >= 0.3 is 6.61 Å². The lowest BCUT2D eigenvalue weighted by molar-refractivity contribution is -0.897.